The molecule has 0 bridgehead atoms. The minimum absolute atomic E-state index is 0.0118. The van der Waals surface area contributed by atoms with Crippen LogP contribution in [0.4, 0.5) is 0 Å². The van der Waals surface area contributed by atoms with Crippen molar-refractivity contribution in [2.45, 2.75) is 30.2 Å². The first-order chi connectivity index (χ1) is 12.9. The number of carbonyl (C=O) groups is 1. The van der Waals surface area contributed by atoms with Crippen LogP contribution in [0, 0.1) is 12.3 Å². The maximum atomic E-state index is 13.0. The van der Waals surface area contributed by atoms with E-state index in [-0.39, 0.29) is 23.4 Å². The van der Waals surface area contributed by atoms with Gasteiger partial charge in [-0.05, 0) is 48.6 Å². The van der Waals surface area contributed by atoms with Crippen LogP contribution in [0.15, 0.2) is 53.4 Å². The van der Waals surface area contributed by atoms with E-state index in [1.807, 2.05) is 12.1 Å². The van der Waals surface area contributed by atoms with Crippen LogP contribution in [0.25, 0.3) is 0 Å². The predicted octanol–water partition coefficient (Wildman–Crippen LogP) is 2.75. The summed E-state index contributed by atoms with van der Waals surface area (Å²) in [6.45, 7) is -0.0979. The Kier molecular flexibility index (Phi) is 5.64. The monoisotopic (exact) mass is 382 g/mol. The lowest BCUT2D eigenvalue weighted by Crippen LogP contribution is -2.33. The molecule has 6 heteroatoms. The molecule has 2 aromatic rings. The zero-order valence-electron chi connectivity index (χ0n) is 15.2. The maximum absolute atomic E-state index is 13.0. The van der Waals surface area contributed by atoms with E-state index in [9.17, 15) is 13.2 Å². The molecular weight excluding hydrogens is 360 g/mol. The molecule has 0 saturated heterocycles. The number of hydrogen-bond donors (Lipinski definition) is 1. The van der Waals surface area contributed by atoms with Gasteiger partial charge in [-0.3, -0.25) is 4.79 Å². The van der Waals surface area contributed by atoms with E-state index in [1.165, 1.54) is 23.3 Å². The number of terminal acetylenes is 1. The van der Waals surface area contributed by atoms with Crippen molar-refractivity contribution < 1.29 is 13.2 Å². The summed E-state index contributed by atoms with van der Waals surface area (Å²) in [7, 11) is -1.97. The van der Waals surface area contributed by atoms with Crippen molar-refractivity contribution in [3.63, 3.8) is 0 Å². The highest BCUT2D eigenvalue weighted by molar-refractivity contribution is 7.89. The number of benzene rings is 2. The summed E-state index contributed by atoms with van der Waals surface area (Å²) >= 11 is 0. The molecule has 0 fully saturated rings. The summed E-state index contributed by atoms with van der Waals surface area (Å²) < 4.78 is 26.8. The second-order valence-corrected chi connectivity index (χ2v) is 8.35. The van der Waals surface area contributed by atoms with Crippen molar-refractivity contribution >= 4 is 15.9 Å². The molecule has 0 unspecified atom stereocenters. The summed E-state index contributed by atoms with van der Waals surface area (Å²) in [6, 6.07) is 14.2. The third-order valence-corrected chi connectivity index (χ3v) is 6.28. The molecule has 0 saturated carbocycles. The van der Waals surface area contributed by atoms with Gasteiger partial charge in [-0.1, -0.05) is 36.3 Å². The Morgan fingerprint density at radius 3 is 2.81 bits per heavy atom. The minimum Gasteiger partial charge on any atom is -0.335 e. The number of nitrogens with one attached hydrogen (secondary N) is 1. The first-order valence-electron chi connectivity index (χ1n) is 8.82. The lowest BCUT2D eigenvalue weighted by molar-refractivity contribution is 0.0715. The quantitative estimate of drug-likeness (QED) is 0.809. The van der Waals surface area contributed by atoms with Crippen molar-refractivity contribution in [3.05, 3.63) is 65.2 Å². The fraction of sp³-hybridized carbons (Fsp3) is 0.286. The smallest absolute Gasteiger partial charge is 0.254 e. The number of nitrogens with zero attached hydrogens (tertiary/aromatic N) is 1. The van der Waals surface area contributed by atoms with Crippen LogP contribution < -0.4 is 4.72 Å². The average Bonchev–Trinajstić information content (AvgIpc) is 2.71. The molecule has 1 aliphatic carbocycles. The van der Waals surface area contributed by atoms with Crippen molar-refractivity contribution in [2.75, 3.05) is 13.6 Å². The molecule has 1 aliphatic rings. The van der Waals surface area contributed by atoms with Gasteiger partial charge in [-0.15, -0.1) is 6.42 Å². The fourth-order valence-electron chi connectivity index (χ4n) is 3.49. The molecule has 0 heterocycles. The minimum atomic E-state index is -3.74. The Morgan fingerprint density at radius 1 is 1.26 bits per heavy atom. The summed E-state index contributed by atoms with van der Waals surface area (Å²) in [5, 5.41) is 0. The summed E-state index contributed by atoms with van der Waals surface area (Å²) in [6.07, 6.45) is 8.04. The molecule has 0 aliphatic heterocycles. The second-order valence-electron chi connectivity index (χ2n) is 6.58. The van der Waals surface area contributed by atoms with Gasteiger partial charge in [0.25, 0.3) is 5.91 Å². The molecule has 140 valence electrons. The van der Waals surface area contributed by atoms with E-state index in [0.717, 1.165) is 19.3 Å². The average molecular weight is 382 g/mol. The summed E-state index contributed by atoms with van der Waals surface area (Å²) in [5.74, 6) is 2.03. The number of carbonyl (C=O) groups excluding carboxylic acids is 1. The molecule has 0 spiro atoms. The van der Waals surface area contributed by atoms with Crippen molar-refractivity contribution in [1.29, 1.82) is 0 Å². The third-order valence-electron chi connectivity index (χ3n) is 4.88. The number of fused-ring (bicyclic) bond motifs is 1. The van der Waals surface area contributed by atoms with Crippen LogP contribution in [0.2, 0.25) is 0 Å². The first kappa shape index (κ1) is 19.2. The van der Waals surface area contributed by atoms with E-state index < -0.39 is 10.0 Å². The number of sulfonamides is 1. The van der Waals surface area contributed by atoms with E-state index in [0.29, 0.717) is 5.56 Å². The van der Waals surface area contributed by atoms with Gasteiger partial charge in [0, 0.05) is 12.6 Å². The van der Waals surface area contributed by atoms with Crippen LogP contribution in [0.5, 0.6) is 0 Å². The SMILES string of the molecule is C#CCNS(=O)(=O)c1cccc(C(=O)N(C)[C@@H]2CCCc3ccccc32)c1. The van der Waals surface area contributed by atoms with E-state index in [2.05, 4.69) is 22.8 Å². The van der Waals surface area contributed by atoms with E-state index in [1.54, 1.807) is 24.1 Å². The third kappa shape index (κ3) is 4.05. The largest absolute Gasteiger partial charge is 0.335 e. The molecular formula is C21H22N2O3S. The molecule has 2 aromatic carbocycles. The van der Waals surface area contributed by atoms with Gasteiger partial charge >= 0.3 is 0 Å². The van der Waals surface area contributed by atoms with Crippen molar-refractivity contribution in [1.82, 2.24) is 9.62 Å². The Morgan fingerprint density at radius 2 is 2.04 bits per heavy atom. The molecule has 27 heavy (non-hydrogen) atoms. The van der Waals surface area contributed by atoms with Crippen LogP contribution in [0.1, 0.15) is 40.4 Å². The van der Waals surface area contributed by atoms with Gasteiger partial charge in [0.05, 0.1) is 17.5 Å². The van der Waals surface area contributed by atoms with E-state index in [4.69, 9.17) is 6.42 Å². The van der Waals surface area contributed by atoms with Crippen molar-refractivity contribution in [2.24, 2.45) is 0 Å². The molecule has 1 N–H and O–H groups in total. The Balaban J connectivity index is 1.87. The van der Waals surface area contributed by atoms with Crippen LogP contribution in [-0.2, 0) is 16.4 Å². The van der Waals surface area contributed by atoms with Crippen LogP contribution >= 0.6 is 0 Å². The molecule has 5 nitrogen and oxygen atoms in total. The molecule has 1 amide bonds. The predicted molar refractivity (Wildman–Crippen MR) is 105 cm³/mol. The highest BCUT2D eigenvalue weighted by Crippen LogP contribution is 2.34. The molecule has 0 aromatic heterocycles. The summed E-state index contributed by atoms with van der Waals surface area (Å²) in [5.41, 5.74) is 2.77. The molecule has 1 atom stereocenters. The van der Waals surface area contributed by atoms with Gasteiger partial charge in [-0.25, -0.2) is 8.42 Å². The molecule has 0 radical (unpaired) electrons. The Labute approximate surface area is 160 Å². The standard InChI is InChI=1S/C21H22N2O3S/c1-3-14-22-27(25,26)18-11-6-10-17(15-18)21(24)23(2)20-13-7-9-16-8-4-5-12-19(16)20/h1,4-6,8,10-12,15,20,22H,7,9,13-14H2,2H3/t20-/m1/s1. The number of aryl methyl sites for hydroxylation is 1. The van der Waals surface area contributed by atoms with Gasteiger partial charge in [-0.2, -0.15) is 4.72 Å². The van der Waals surface area contributed by atoms with Gasteiger partial charge in [0.2, 0.25) is 10.0 Å². The lowest BCUT2D eigenvalue weighted by Gasteiger charge is -2.33. The Bertz CT molecular complexity index is 992. The maximum Gasteiger partial charge on any atom is 0.254 e. The first-order valence-corrected chi connectivity index (χ1v) is 10.3. The van der Waals surface area contributed by atoms with Crippen LogP contribution in [0.3, 0.4) is 0 Å². The normalized spacial score (nSPS) is 16.2. The topological polar surface area (TPSA) is 66.5 Å². The van der Waals surface area contributed by atoms with Gasteiger partial charge in [0.1, 0.15) is 0 Å². The van der Waals surface area contributed by atoms with Crippen LogP contribution in [-0.4, -0.2) is 32.8 Å². The van der Waals surface area contributed by atoms with Gasteiger partial charge < -0.3 is 4.90 Å². The summed E-state index contributed by atoms with van der Waals surface area (Å²) in [4.78, 5) is 14.8. The zero-order valence-corrected chi connectivity index (χ0v) is 16.0. The van der Waals surface area contributed by atoms with Gasteiger partial charge in [0.15, 0.2) is 0 Å². The second kappa shape index (κ2) is 7.95. The number of hydrogen-bond acceptors (Lipinski definition) is 3. The fourth-order valence-corrected chi connectivity index (χ4v) is 4.47. The number of amides is 1. The zero-order chi connectivity index (χ0) is 19.4. The highest BCUT2D eigenvalue weighted by atomic mass is 32.2. The van der Waals surface area contributed by atoms with E-state index >= 15 is 0 Å². The Hall–Kier alpha value is -2.62. The number of rotatable bonds is 5. The lowest BCUT2D eigenvalue weighted by atomic mass is 9.87. The highest BCUT2D eigenvalue weighted by Gasteiger charge is 2.27. The van der Waals surface area contributed by atoms with Crippen molar-refractivity contribution in [3.8, 4) is 12.3 Å². The molecule has 3 rings (SSSR count).